The van der Waals surface area contributed by atoms with Crippen molar-refractivity contribution < 1.29 is 72.3 Å². The fourth-order valence-corrected chi connectivity index (χ4v) is 0. The Morgan fingerprint density at radius 3 is 0.615 bits per heavy atom. The monoisotopic (exact) mass is 280 g/mol. The van der Waals surface area contributed by atoms with Gasteiger partial charge in [-0.1, -0.05) is 0 Å². The van der Waals surface area contributed by atoms with Gasteiger partial charge in [0.25, 0.3) is 0 Å². The fraction of sp³-hybridized carbons (Fsp3) is 0. The molecule has 0 aromatic heterocycles. The molecule has 0 atom stereocenters. The molecule has 13 heavy (non-hydrogen) atoms. The second-order valence-electron chi connectivity index (χ2n) is 0.408. The third-order valence-electron chi connectivity index (χ3n) is 0. The summed E-state index contributed by atoms with van der Waals surface area (Å²) < 4.78 is 34.1. The molecule has 0 aliphatic rings. The molecule has 11 nitrogen and oxygen atoms in total. The van der Waals surface area contributed by atoms with Crippen LogP contribution >= 0.6 is 0 Å². The van der Waals surface area contributed by atoms with Crippen molar-refractivity contribution in [1.82, 2.24) is 0 Å². The van der Waals surface area contributed by atoms with Gasteiger partial charge < -0.3 is 47.4 Å². The van der Waals surface area contributed by atoms with Crippen molar-refractivity contribution in [2.75, 3.05) is 0 Å². The normalized spacial score (nSPS) is 4.46. The summed E-state index contributed by atoms with van der Waals surface area (Å²) in [5.41, 5.74) is 0. The summed E-state index contributed by atoms with van der Waals surface area (Å²) in [6.07, 6.45) is 0. The van der Waals surface area contributed by atoms with Gasteiger partial charge in [-0.3, -0.25) is 8.42 Å². The van der Waals surface area contributed by atoms with Crippen LogP contribution in [0.3, 0.4) is 0 Å². The molecule has 14 N–H and O–H groups in total. The largest absolute Gasteiger partial charge is 2.00 e. The number of rotatable bonds is 0. The van der Waals surface area contributed by atoms with Crippen molar-refractivity contribution in [2.24, 2.45) is 0 Å². The molecule has 0 unspecified atom stereocenters. The minimum atomic E-state index is -5.17. The van der Waals surface area contributed by atoms with Gasteiger partial charge in [0, 0.05) is 10.4 Å². The number of hydrogen-bond acceptors (Lipinski definition) is 4. The SMILES string of the molecule is O.O.O.O.O.O.O.O=S(=O)([O-])[O-].[Ni+2]. The van der Waals surface area contributed by atoms with Crippen LogP contribution in [-0.4, -0.2) is 55.9 Å². The molecule has 0 bridgehead atoms. The predicted octanol–water partition coefficient (Wildman–Crippen LogP) is -7.11. The van der Waals surface area contributed by atoms with Crippen LogP contribution in [0, 0.1) is 0 Å². The van der Waals surface area contributed by atoms with Crippen LogP contribution in [-0.2, 0) is 26.9 Å². The Bertz CT molecular complexity index is 93.3. The summed E-state index contributed by atoms with van der Waals surface area (Å²) in [5.74, 6) is 0. The first-order chi connectivity index (χ1) is 2.00. The maximum absolute atomic E-state index is 8.52. The molecule has 0 spiro atoms. The van der Waals surface area contributed by atoms with E-state index in [9.17, 15) is 0 Å². The maximum Gasteiger partial charge on any atom is 2.00 e. The molecular formula is H14NiO11S. The van der Waals surface area contributed by atoms with Crippen molar-refractivity contribution in [3.63, 3.8) is 0 Å². The molecule has 0 heterocycles. The summed E-state index contributed by atoms with van der Waals surface area (Å²) in [4.78, 5) is 0. The topological polar surface area (TPSA) is 301 Å². The van der Waals surface area contributed by atoms with E-state index in [2.05, 4.69) is 0 Å². The van der Waals surface area contributed by atoms with E-state index in [0.29, 0.717) is 0 Å². The Morgan fingerprint density at radius 1 is 0.615 bits per heavy atom. The van der Waals surface area contributed by atoms with Gasteiger partial charge in [-0.15, -0.1) is 0 Å². The average Bonchev–Trinajstić information content (AvgIpc) is 0.722. The van der Waals surface area contributed by atoms with Crippen LogP contribution in [0.5, 0.6) is 0 Å². The van der Waals surface area contributed by atoms with Gasteiger partial charge in [0.15, 0.2) is 0 Å². The Labute approximate surface area is 83.4 Å². The van der Waals surface area contributed by atoms with Crippen LogP contribution in [0.4, 0.5) is 0 Å². The maximum atomic E-state index is 8.52. The van der Waals surface area contributed by atoms with Crippen molar-refractivity contribution in [2.45, 2.75) is 0 Å². The van der Waals surface area contributed by atoms with Gasteiger partial charge in [0.2, 0.25) is 0 Å². The fourth-order valence-electron chi connectivity index (χ4n) is 0. The zero-order valence-corrected chi connectivity index (χ0v) is 7.66. The van der Waals surface area contributed by atoms with Gasteiger partial charge in [-0.2, -0.15) is 0 Å². The van der Waals surface area contributed by atoms with Crippen LogP contribution in [0.15, 0.2) is 0 Å². The molecule has 0 radical (unpaired) electrons. The molecule has 0 aliphatic heterocycles. The molecule has 13 heteroatoms. The molecule has 0 aromatic rings. The third kappa shape index (κ3) is 176000. The van der Waals surface area contributed by atoms with Gasteiger partial charge in [0.1, 0.15) is 0 Å². The first kappa shape index (κ1) is 115. The molecule has 0 fully saturated rings. The second kappa shape index (κ2) is 40.1. The molecule has 0 saturated carbocycles. The minimum Gasteiger partial charge on any atom is -0.759 e. The molecule has 0 aromatic carbocycles. The van der Waals surface area contributed by atoms with E-state index in [1.54, 1.807) is 0 Å². The Morgan fingerprint density at radius 2 is 0.615 bits per heavy atom. The summed E-state index contributed by atoms with van der Waals surface area (Å²) in [6.45, 7) is 0. The van der Waals surface area contributed by atoms with Gasteiger partial charge in [-0.25, -0.2) is 0 Å². The van der Waals surface area contributed by atoms with E-state index in [0.717, 1.165) is 0 Å². The van der Waals surface area contributed by atoms with E-state index in [-0.39, 0.29) is 54.8 Å². The van der Waals surface area contributed by atoms with Crippen LogP contribution < -0.4 is 0 Å². The zero-order chi connectivity index (χ0) is 4.50. The first-order valence-electron chi connectivity index (χ1n) is 0.667. The third-order valence-corrected chi connectivity index (χ3v) is 0. The molecule has 0 amide bonds. The van der Waals surface area contributed by atoms with Crippen molar-refractivity contribution >= 4 is 10.4 Å². The standard InChI is InChI=1S/Ni.H2O4S.7H2O/c;1-5(2,3)4;;;;;;;/h;(H2,1,2,3,4);7*1H2/q+2;;;;;;;;/p-2. The Balaban J connectivity index is -0.00000000286. The second-order valence-corrected chi connectivity index (χ2v) is 1.22. The summed E-state index contributed by atoms with van der Waals surface area (Å²) >= 11 is 0. The van der Waals surface area contributed by atoms with E-state index in [1.807, 2.05) is 0 Å². The first-order valence-corrected chi connectivity index (χ1v) is 2.00. The van der Waals surface area contributed by atoms with E-state index in [4.69, 9.17) is 17.5 Å². The van der Waals surface area contributed by atoms with Gasteiger partial charge in [-0.05, 0) is 0 Å². The van der Waals surface area contributed by atoms with Crippen LogP contribution in [0.2, 0.25) is 0 Å². The Kier molecular flexibility index (Phi) is 353. The van der Waals surface area contributed by atoms with E-state index >= 15 is 0 Å². The molecule has 0 rings (SSSR count). The van der Waals surface area contributed by atoms with Gasteiger partial charge in [0.05, 0.1) is 0 Å². The molecular weight excluding hydrogens is 267 g/mol. The van der Waals surface area contributed by atoms with Gasteiger partial charge >= 0.3 is 16.5 Å². The van der Waals surface area contributed by atoms with Crippen molar-refractivity contribution in [3.8, 4) is 0 Å². The van der Waals surface area contributed by atoms with Crippen LogP contribution in [0.25, 0.3) is 0 Å². The smallest absolute Gasteiger partial charge is 0.759 e. The quantitative estimate of drug-likeness (QED) is 0.237. The van der Waals surface area contributed by atoms with Crippen molar-refractivity contribution in [1.29, 1.82) is 0 Å². The summed E-state index contributed by atoms with van der Waals surface area (Å²) in [6, 6.07) is 0. The molecule has 0 saturated heterocycles. The minimum absolute atomic E-state index is 0. The summed E-state index contributed by atoms with van der Waals surface area (Å²) in [5, 5.41) is 0. The zero-order valence-electron chi connectivity index (χ0n) is 5.86. The Hall–Kier alpha value is 0.0835. The predicted molar refractivity (Wildman–Crippen MR) is 35.8 cm³/mol. The molecule has 0 aliphatic carbocycles. The molecule has 96 valence electrons. The van der Waals surface area contributed by atoms with E-state index in [1.165, 1.54) is 0 Å². The van der Waals surface area contributed by atoms with Crippen LogP contribution in [0.1, 0.15) is 0 Å². The average molecular weight is 281 g/mol. The van der Waals surface area contributed by atoms with Crippen molar-refractivity contribution in [3.05, 3.63) is 0 Å². The van der Waals surface area contributed by atoms with E-state index < -0.39 is 10.4 Å². The summed E-state index contributed by atoms with van der Waals surface area (Å²) in [7, 11) is -5.17. The number of hydrogen-bond donors (Lipinski definition) is 0.